The lowest BCUT2D eigenvalue weighted by Crippen LogP contribution is -2.23. The summed E-state index contributed by atoms with van der Waals surface area (Å²) in [7, 11) is 1.33. The number of aryl methyl sites for hydroxylation is 1. The molecule has 0 bridgehead atoms. The standard InChI is InChI=1S/C16H15BrFNO2/c1-10-5-3-4-6-14(10)19-15(16(20)21-2)12-8-7-11(18)9-13(12)17/h3-9,15,19H,1-2H3. The monoisotopic (exact) mass is 351 g/mol. The number of rotatable bonds is 4. The van der Waals surface area contributed by atoms with E-state index in [0.29, 0.717) is 10.0 Å². The Morgan fingerprint density at radius 3 is 2.62 bits per heavy atom. The molecule has 2 aromatic carbocycles. The van der Waals surface area contributed by atoms with Gasteiger partial charge in [-0.05, 0) is 36.2 Å². The second kappa shape index (κ2) is 6.72. The van der Waals surface area contributed by atoms with Crippen molar-refractivity contribution >= 4 is 27.6 Å². The van der Waals surface area contributed by atoms with E-state index in [0.717, 1.165) is 11.3 Å². The van der Waals surface area contributed by atoms with Gasteiger partial charge in [-0.2, -0.15) is 0 Å². The molecule has 1 N–H and O–H groups in total. The van der Waals surface area contributed by atoms with Crippen molar-refractivity contribution in [2.45, 2.75) is 13.0 Å². The molecule has 0 saturated heterocycles. The van der Waals surface area contributed by atoms with Crippen LogP contribution in [0.3, 0.4) is 0 Å². The van der Waals surface area contributed by atoms with Gasteiger partial charge >= 0.3 is 5.97 Å². The Balaban J connectivity index is 2.40. The highest BCUT2D eigenvalue weighted by atomic mass is 79.9. The van der Waals surface area contributed by atoms with Gasteiger partial charge in [-0.15, -0.1) is 0 Å². The van der Waals surface area contributed by atoms with Crippen molar-refractivity contribution in [3.63, 3.8) is 0 Å². The number of para-hydroxylation sites is 1. The lowest BCUT2D eigenvalue weighted by Gasteiger charge is -2.20. The van der Waals surface area contributed by atoms with Crippen LogP contribution in [0.4, 0.5) is 10.1 Å². The first kappa shape index (κ1) is 15.5. The summed E-state index contributed by atoms with van der Waals surface area (Å²) in [4.78, 5) is 12.1. The van der Waals surface area contributed by atoms with Crippen LogP contribution in [0.25, 0.3) is 0 Å². The topological polar surface area (TPSA) is 38.3 Å². The smallest absolute Gasteiger partial charge is 0.333 e. The number of esters is 1. The molecule has 3 nitrogen and oxygen atoms in total. The van der Waals surface area contributed by atoms with Gasteiger partial charge in [-0.3, -0.25) is 0 Å². The van der Waals surface area contributed by atoms with Crippen LogP contribution in [-0.4, -0.2) is 13.1 Å². The van der Waals surface area contributed by atoms with E-state index >= 15 is 0 Å². The van der Waals surface area contributed by atoms with E-state index in [1.165, 1.54) is 19.2 Å². The zero-order valence-corrected chi connectivity index (χ0v) is 13.3. The number of anilines is 1. The zero-order chi connectivity index (χ0) is 15.4. The number of nitrogens with one attached hydrogen (secondary N) is 1. The van der Waals surface area contributed by atoms with Crippen LogP contribution >= 0.6 is 15.9 Å². The molecule has 1 unspecified atom stereocenters. The molecular formula is C16H15BrFNO2. The van der Waals surface area contributed by atoms with Gasteiger partial charge < -0.3 is 10.1 Å². The highest BCUT2D eigenvalue weighted by Gasteiger charge is 2.24. The van der Waals surface area contributed by atoms with Crippen molar-refractivity contribution in [3.8, 4) is 0 Å². The molecule has 21 heavy (non-hydrogen) atoms. The Bertz CT molecular complexity index is 660. The van der Waals surface area contributed by atoms with E-state index in [1.54, 1.807) is 6.07 Å². The summed E-state index contributed by atoms with van der Waals surface area (Å²) in [6, 6.07) is 11.1. The van der Waals surface area contributed by atoms with Crippen molar-refractivity contribution in [2.24, 2.45) is 0 Å². The van der Waals surface area contributed by atoms with Crippen molar-refractivity contribution in [1.82, 2.24) is 0 Å². The molecule has 0 aromatic heterocycles. The van der Waals surface area contributed by atoms with Crippen LogP contribution in [0.15, 0.2) is 46.9 Å². The number of carbonyl (C=O) groups is 1. The molecule has 0 saturated carbocycles. The van der Waals surface area contributed by atoms with E-state index in [9.17, 15) is 9.18 Å². The third-order valence-corrected chi connectivity index (χ3v) is 3.84. The molecule has 0 radical (unpaired) electrons. The van der Waals surface area contributed by atoms with Crippen LogP contribution < -0.4 is 5.32 Å². The minimum absolute atomic E-state index is 0.370. The molecule has 0 spiro atoms. The minimum Gasteiger partial charge on any atom is -0.467 e. The van der Waals surface area contributed by atoms with E-state index in [1.807, 2.05) is 31.2 Å². The summed E-state index contributed by atoms with van der Waals surface area (Å²) in [5.41, 5.74) is 2.44. The van der Waals surface area contributed by atoms with Gasteiger partial charge in [-0.1, -0.05) is 40.2 Å². The molecule has 0 aliphatic carbocycles. The van der Waals surface area contributed by atoms with Gasteiger partial charge in [0.25, 0.3) is 0 Å². The molecule has 1 atom stereocenters. The lowest BCUT2D eigenvalue weighted by atomic mass is 10.1. The third kappa shape index (κ3) is 3.61. The normalized spacial score (nSPS) is 11.8. The van der Waals surface area contributed by atoms with E-state index in [4.69, 9.17) is 4.74 Å². The molecule has 0 heterocycles. The number of methoxy groups -OCH3 is 1. The SMILES string of the molecule is COC(=O)C(Nc1ccccc1C)c1ccc(F)cc1Br. The average molecular weight is 352 g/mol. The summed E-state index contributed by atoms with van der Waals surface area (Å²) >= 11 is 3.29. The van der Waals surface area contributed by atoms with Crippen molar-refractivity contribution in [3.05, 3.63) is 63.9 Å². The van der Waals surface area contributed by atoms with Crippen molar-refractivity contribution in [2.75, 3.05) is 12.4 Å². The lowest BCUT2D eigenvalue weighted by molar-refractivity contribution is -0.141. The largest absolute Gasteiger partial charge is 0.467 e. The number of hydrogen-bond donors (Lipinski definition) is 1. The maximum absolute atomic E-state index is 13.2. The van der Waals surface area contributed by atoms with E-state index in [-0.39, 0.29) is 5.82 Å². The van der Waals surface area contributed by atoms with Crippen LogP contribution in [-0.2, 0) is 9.53 Å². The molecule has 0 aliphatic heterocycles. The highest BCUT2D eigenvalue weighted by Crippen LogP contribution is 2.29. The second-order valence-corrected chi connectivity index (χ2v) is 5.44. The van der Waals surface area contributed by atoms with Crippen molar-refractivity contribution in [1.29, 1.82) is 0 Å². The number of carbonyl (C=O) groups excluding carboxylic acids is 1. The maximum Gasteiger partial charge on any atom is 0.333 e. The van der Waals surface area contributed by atoms with E-state index < -0.39 is 12.0 Å². The first-order valence-electron chi connectivity index (χ1n) is 6.38. The predicted molar refractivity (Wildman–Crippen MR) is 83.7 cm³/mol. The van der Waals surface area contributed by atoms with Crippen LogP contribution in [0.2, 0.25) is 0 Å². The first-order chi connectivity index (χ1) is 10.0. The second-order valence-electron chi connectivity index (χ2n) is 4.58. The third-order valence-electron chi connectivity index (χ3n) is 3.16. The Labute approximate surface area is 131 Å². The first-order valence-corrected chi connectivity index (χ1v) is 7.17. The zero-order valence-electron chi connectivity index (χ0n) is 11.7. The molecule has 2 rings (SSSR count). The minimum atomic E-state index is -0.717. The Morgan fingerprint density at radius 2 is 2.00 bits per heavy atom. The maximum atomic E-state index is 13.2. The summed E-state index contributed by atoms with van der Waals surface area (Å²) < 4.78 is 18.6. The van der Waals surface area contributed by atoms with Gasteiger partial charge in [0, 0.05) is 10.2 Å². The predicted octanol–water partition coefficient (Wildman–Crippen LogP) is 4.22. The summed E-state index contributed by atoms with van der Waals surface area (Å²) in [5.74, 6) is -0.810. The van der Waals surface area contributed by atoms with Crippen molar-refractivity contribution < 1.29 is 13.9 Å². The summed E-state index contributed by atoms with van der Waals surface area (Å²) in [6.45, 7) is 1.94. The molecule has 0 amide bonds. The van der Waals surface area contributed by atoms with Gasteiger partial charge in [0.1, 0.15) is 5.82 Å². The van der Waals surface area contributed by atoms with Gasteiger partial charge in [0.15, 0.2) is 6.04 Å². The molecular weight excluding hydrogens is 337 g/mol. The number of halogens is 2. The van der Waals surface area contributed by atoms with Gasteiger partial charge in [-0.25, -0.2) is 9.18 Å². The Kier molecular flexibility index (Phi) is 4.96. The number of hydrogen-bond acceptors (Lipinski definition) is 3. The van der Waals surface area contributed by atoms with Gasteiger partial charge in [0.05, 0.1) is 7.11 Å². The summed E-state index contributed by atoms with van der Waals surface area (Å²) in [6.07, 6.45) is 0. The summed E-state index contributed by atoms with van der Waals surface area (Å²) in [5, 5.41) is 3.15. The van der Waals surface area contributed by atoms with Crippen LogP contribution in [0.1, 0.15) is 17.2 Å². The fourth-order valence-electron chi connectivity index (χ4n) is 2.01. The molecule has 2 aromatic rings. The molecule has 0 aliphatic rings. The Hall–Kier alpha value is -1.88. The number of benzene rings is 2. The fraction of sp³-hybridized carbons (Fsp3) is 0.188. The van der Waals surface area contributed by atoms with E-state index in [2.05, 4.69) is 21.2 Å². The molecule has 110 valence electrons. The Morgan fingerprint density at radius 1 is 1.29 bits per heavy atom. The van der Waals surface area contributed by atoms with Gasteiger partial charge in [0.2, 0.25) is 0 Å². The van der Waals surface area contributed by atoms with Crippen LogP contribution in [0, 0.1) is 12.7 Å². The highest BCUT2D eigenvalue weighted by molar-refractivity contribution is 9.10. The average Bonchev–Trinajstić information content (AvgIpc) is 2.46. The fourth-order valence-corrected chi connectivity index (χ4v) is 2.59. The molecule has 5 heteroatoms. The number of ether oxygens (including phenoxy) is 1. The molecule has 0 fully saturated rings. The van der Waals surface area contributed by atoms with Crippen LogP contribution in [0.5, 0.6) is 0 Å². The quantitative estimate of drug-likeness (QED) is 0.838.